The molecule has 0 spiro atoms. The Balaban J connectivity index is 2.09. The van der Waals surface area contributed by atoms with Gasteiger partial charge in [0.25, 0.3) is 0 Å². The monoisotopic (exact) mass is 267 g/mol. The molecule has 2 N–H and O–H groups in total. The number of thiophene rings is 1. The minimum absolute atomic E-state index is 0.0155. The predicted octanol–water partition coefficient (Wildman–Crippen LogP) is 2.43. The largest absolute Gasteiger partial charge is 0.383 e. The lowest BCUT2D eigenvalue weighted by atomic mass is 9.83. The molecule has 4 heteroatoms. The van der Waals surface area contributed by atoms with Crippen molar-refractivity contribution in [1.82, 2.24) is 5.32 Å². The first kappa shape index (κ1) is 13.6. The molecule has 1 aromatic heterocycles. The Morgan fingerprint density at radius 3 is 2.94 bits per heavy atom. The third-order valence-corrected chi connectivity index (χ3v) is 4.44. The van der Waals surface area contributed by atoms with E-state index in [-0.39, 0.29) is 5.91 Å². The summed E-state index contributed by atoms with van der Waals surface area (Å²) in [7, 11) is 0. The molecule has 0 bridgehead atoms. The standard InChI is InChI=1S/C14H21NO2S/c1-13(2,3)12(16)15-9-14(17)7-4-5-11-10(14)6-8-18-11/h6,8,17H,4-5,7,9H2,1-3H3,(H,15,16). The Kier molecular flexibility index (Phi) is 3.52. The zero-order valence-electron chi connectivity index (χ0n) is 11.2. The summed E-state index contributed by atoms with van der Waals surface area (Å²) in [5.74, 6) is -0.0155. The second-order valence-corrected chi connectivity index (χ2v) is 7.08. The van der Waals surface area contributed by atoms with E-state index in [2.05, 4.69) is 5.32 Å². The number of hydrogen-bond donors (Lipinski definition) is 2. The molecule has 0 aliphatic heterocycles. The van der Waals surface area contributed by atoms with Crippen molar-refractivity contribution in [3.63, 3.8) is 0 Å². The van der Waals surface area contributed by atoms with Crippen LogP contribution < -0.4 is 5.32 Å². The van der Waals surface area contributed by atoms with Gasteiger partial charge in [-0.25, -0.2) is 0 Å². The van der Waals surface area contributed by atoms with E-state index in [1.165, 1.54) is 4.88 Å². The lowest BCUT2D eigenvalue weighted by molar-refractivity contribution is -0.130. The Hall–Kier alpha value is -0.870. The zero-order valence-corrected chi connectivity index (χ0v) is 12.1. The molecule has 18 heavy (non-hydrogen) atoms. The molecule has 100 valence electrons. The highest BCUT2D eigenvalue weighted by Crippen LogP contribution is 2.37. The molecule has 1 aliphatic rings. The Morgan fingerprint density at radius 2 is 2.28 bits per heavy atom. The predicted molar refractivity (Wildman–Crippen MR) is 73.6 cm³/mol. The van der Waals surface area contributed by atoms with E-state index in [0.29, 0.717) is 6.54 Å². The average molecular weight is 267 g/mol. The first-order chi connectivity index (χ1) is 8.33. The van der Waals surface area contributed by atoms with Gasteiger partial charge in [-0.1, -0.05) is 20.8 Å². The summed E-state index contributed by atoms with van der Waals surface area (Å²) in [6, 6.07) is 1.99. The molecule has 3 nitrogen and oxygen atoms in total. The number of nitrogens with one attached hydrogen (secondary N) is 1. The summed E-state index contributed by atoms with van der Waals surface area (Å²) in [4.78, 5) is 13.1. The highest BCUT2D eigenvalue weighted by molar-refractivity contribution is 7.10. The minimum atomic E-state index is -0.880. The SMILES string of the molecule is CC(C)(C)C(=O)NCC1(O)CCCc2sccc21. The molecule has 0 radical (unpaired) electrons. The third-order valence-electron chi connectivity index (χ3n) is 3.46. The normalized spacial score (nSPS) is 23.6. The maximum absolute atomic E-state index is 11.9. The minimum Gasteiger partial charge on any atom is -0.383 e. The topological polar surface area (TPSA) is 49.3 Å². The molecular weight excluding hydrogens is 246 g/mol. The van der Waals surface area contributed by atoms with Gasteiger partial charge in [0.05, 0.1) is 6.54 Å². The number of aliphatic hydroxyl groups is 1. The van der Waals surface area contributed by atoms with Crippen molar-refractivity contribution < 1.29 is 9.90 Å². The van der Waals surface area contributed by atoms with Crippen molar-refractivity contribution in [3.8, 4) is 0 Å². The van der Waals surface area contributed by atoms with Gasteiger partial charge >= 0.3 is 0 Å². The summed E-state index contributed by atoms with van der Waals surface area (Å²) in [5, 5.41) is 15.6. The van der Waals surface area contributed by atoms with Crippen molar-refractivity contribution in [2.45, 2.75) is 45.6 Å². The molecule has 1 heterocycles. The van der Waals surface area contributed by atoms with Gasteiger partial charge in [-0.3, -0.25) is 4.79 Å². The van der Waals surface area contributed by atoms with E-state index in [4.69, 9.17) is 0 Å². The fraction of sp³-hybridized carbons (Fsp3) is 0.643. The van der Waals surface area contributed by atoms with Crippen molar-refractivity contribution in [3.05, 3.63) is 21.9 Å². The van der Waals surface area contributed by atoms with Crippen molar-refractivity contribution in [2.75, 3.05) is 6.54 Å². The lowest BCUT2D eigenvalue weighted by Gasteiger charge is -2.33. The van der Waals surface area contributed by atoms with Crippen LogP contribution >= 0.6 is 11.3 Å². The molecule has 0 saturated heterocycles. The van der Waals surface area contributed by atoms with Crippen LogP contribution in [0.4, 0.5) is 0 Å². The number of aryl methyl sites for hydroxylation is 1. The zero-order chi connectivity index (χ0) is 13.4. The van der Waals surface area contributed by atoms with Crippen LogP contribution in [0.25, 0.3) is 0 Å². The molecule has 1 aromatic rings. The summed E-state index contributed by atoms with van der Waals surface area (Å²) >= 11 is 1.69. The van der Waals surface area contributed by atoms with E-state index in [1.807, 2.05) is 32.2 Å². The smallest absolute Gasteiger partial charge is 0.225 e. The number of rotatable bonds is 2. The first-order valence-corrected chi connectivity index (χ1v) is 7.28. The molecule has 0 fully saturated rings. The second kappa shape index (κ2) is 4.67. The molecule has 1 unspecified atom stereocenters. The number of carbonyl (C=O) groups is 1. The molecule has 1 amide bonds. The molecular formula is C14H21NO2S. The van der Waals surface area contributed by atoms with Gasteiger partial charge in [-0.2, -0.15) is 0 Å². The Bertz CT molecular complexity index is 447. The van der Waals surface area contributed by atoms with Gasteiger partial charge in [0.2, 0.25) is 5.91 Å². The van der Waals surface area contributed by atoms with Crippen LogP contribution in [-0.2, 0) is 16.8 Å². The van der Waals surface area contributed by atoms with Gasteiger partial charge in [-0.15, -0.1) is 11.3 Å². The van der Waals surface area contributed by atoms with Crippen molar-refractivity contribution in [1.29, 1.82) is 0 Å². The van der Waals surface area contributed by atoms with E-state index in [1.54, 1.807) is 11.3 Å². The summed E-state index contributed by atoms with van der Waals surface area (Å²) in [6.07, 6.45) is 2.75. The quantitative estimate of drug-likeness (QED) is 0.864. The molecule has 0 saturated carbocycles. The maximum atomic E-state index is 11.9. The molecule has 1 atom stereocenters. The number of carbonyl (C=O) groups excluding carboxylic acids is 1. The number of hydrogen-bond acceptors (Lipinski definition) is 3. The van der Waals surface area contributed by atoms with E-state index in [0.717, 1.165) is 24.8 Å². The van der Waals surface area contributed by atoms with Crippen LogP contribution in [0.1, 0.15) is 44.1 Å². The second-order valence-electron chi connectivity index (χ2n) is 6.08. The van der Waals surface area contributed by atoms with Gasteiger partial charge in [-0.05, 0) is 36.3 Å². The fourth-order valence-electron chi connectivity index (χ4n) is 2.30. The van der Waals surface area contributed by atoms with Gasteiger partial charge in [0, 0.05) is 10.3 Å². The number of amides is 1. The number of fused-ring (bicyclic) bond motifs is 1. The van der Waals surface area contributed by atoms with Crippen LogP contribution in [0.2, 0.25) is 0 Å². The van der Waals surface area contributed by atoms with Crippen molar-refractivity contribution in [2.24, 2.45) is 5.41 Å². The van der Waals surface area contributed by atoms with Gasteiger partial charge < -0.3 is 10.4 Å². The van der Waals surface area contributed by atoms with Crippen LogP contribution in [-0.4, -0.2) is 17.6 Å². The fourth-order valence-corrected chi connectivity index (χ4v) is 3.32. The van der Waals surface area contributed by atoms with Crippen LogP contribution in [0.3, 0.4) is 0 Å². The van der Waals surface area contributed by atoms with Gasteiger partial charge in [0.1, 0.15) is 5.60 Å². The summed E-state index contributed by atoms with van der Waals surface area (Å²) in [5.41, 5.74) is -0.287. The van der Waals surface area contributed by atoms with E-state index in [9.17, 15) is 9.90 Å². The van der Waals surface area contributed by atoms with Crippen LogP contribution in [0, 0.1) is 5.41 Å². The summed E-state index contributed by atoms with van der Waals surface area (Å²) in [6.45, 7) is 5.95. The Morgan fingerprint density at radius 1 is 1.56 bits per heavy atom. The third kappa shape index (κ3) is 2.59. The maximum Gasteiger partial charge on any atom is 0.225 e. The lowest BCUT2D eigenvalue weighted by Crippen LogP contribution is -2.45. The van der Waals surface area contributed by atoms with Crippen LogP contribution in [0.15, 0.2) is 11.4 Å². The molecule has 1 aliphatic carbocycles. The first-order valence-electron chi connectivity index (χ1n) is 6.40. The highest BCUT2D eigenvalue weighted by atomic mass is 32.1. The van der Waals surface area contributed by atoms with Crippen molar-refractivity contribution >= 4 is 17.2 Å². The highest BCUT2D eigenvalue weighted by Gasteiger charge is 2.36. The average Bonchev–Trinajstić information content (AvgIpc) is 2.74. The van der Waals surface area contributed by atoms with Crippen LogP contribution in [0.5, 0.6) is 0 Å². The Labute approximate surface area is 112 Å². The van der Waals surface area contributed by atoms with E-state index < -0.39 is 11.0 Å². The van der Waals surface area contributed by atoms with E-state index >= 15 is 0 Å². The summed E-state index contributed by atoms with van der Waals surface area (Å²) < 4.78 is 0. The van der Waals surface area contributed by atoms with Gasteiger partial charge in [0.15, 0.2) is 0 Å². The molecule has 2 rings (SSSR count). The molecule has 0 aromatic carbocycles.